The Balaban J connectivity index is 2.42. The first-order valence-corrected chi connectivity index (χ1v) is 5.08. The molecule has 0 radical (unpaired) electrons. The Morgan fingerprint density at radius 3 is 2.67 bits per heavy atom. The summed E-state index contributed by atoms with van der Waals surface area (Å²) in [5.74, 6) is -0.913. The van der Waals surface area contributed by atoms with Gasteiger partial charge < -0.3 is 15.2 Å². The van der Waals surface area contributed by atoms with E-state index in [0.29, 0.717) is 0 Å². The second-order valence-corrected chi connectivity index (χ2v) is 3.73. The predicted molar refractivity (Wildman–Crippen MR) is 58.6 cm³/mol. The second kappa shape index (κ2) is 5.92. The van der Waals surface area contributed by atoms with Crippen LogP contribution in [0.3, 0.4) is 0 Å². The van der Waals surface area contributed by atoms with Crippen LogP contribution in [-0.2, 0) is 9.53 Å². The molecule has 4 nitrogen and oxygen atoms in total. The average Bonchev–Trinajstić information content (AvgIpc) is 2.21. The van der Waals surface area contributed by atoms with E-state index in [2.05, 4.69) is 10.1 Å². The van der Waals surface area contributed by atoms with Crippen LogP contribution in [0.25, 0.3) is 0 Å². The number of halogens is 4. The summed E-state index contributed by atoms with van der Waals surface area (Å²) in [5, 5.41) is 11.4. The van der Waals surface area contributed by atoms with Gasteiger partial charge in [0.25, 0.3) is 0 Å². The summed E-state index contributed by atoms with van der Waals surface area (Å²) in [6, 6.07) is 3.86. The third-order valence-corrected chi connectivity index (χ3v) is 2.03. The quantitative estimate of drug-likeness (QED) is 0.835. The first-order valence-electron chi connectivity index (χ1n) is 4.71. The van der Waals surface area contributed by atoms with Crippen LogP contribution in [0.2, 0.25) is 5.02 Å². The molecule has 2 N–H and O–H groups in total. The van der Waals surface area contributed by atoms with Gasteiger partial charge in [-0.25, -0.2) is 0 Å². The van der Waals surface area contributed by atoms with Gasteiger partial charge in [-0.3, -0.25) is 4.79 Å². The summed E-state index contributed by atoms with van der Waals surface area (Å²) in [7, 11) is 0. The van der Waals surface area contributed by atoms with Crippen LogP contribution in [0.15, 0.2) is 18.2 Å². The van der Waals surface area contributed by atoms with Crippen molar-refractivity contribution >= 4 is 23.2 Å². The van der Waals surface area contributed by atoms with Crippen LogP contribution < -0.4 is 5.32 Å². The molecule has 0 aromatic heterocycles. The Bertz CT molecular complexity index is 437. The minimum absolute atomic E-state index is 0.0176. The van der Waals surface area contributed by atoms with E-state index in [0.717, 1.165) is 0 Å². The van der Waals surface area contributed by atoms with E-state index in [1.165, 1.54) is 18.2 Å². The Morgan fingerprint density at radius 1 is 1.44 bits per heavy atom. The fraction of sp³-hybridized carbons (Fsp3) is 0.300. The first kappa shape index (κ1) is 14.6. The van der Waals surface area contributed by atoms with Crippen LogP contribution in [0.4, 0.5) is 18.9 Å². The van der Waals surface area contributed by atoms with E-state index in [4.69, 9.17) is 16.7 Å². The van der Waals surface area contributed by atoms with Gasteiger partial charge >= 0.3 is 6.18 Å². The topological polar surface area (TPSA) is 58.6 Å². The van der Waals surface area contributed by atoms with Gasteiger partial charge in [-0.05, 0) is 18.2 Å². The van der Waals surface area contributed by atoms with Crippen molar-refractivity contribution in [2.24, 2.45) is 0 Å². The van der Waals surface area contributed by atoms with E-state index < -0.39 is 25.3 Å². The summed E-state index contributed by atoms with van der Waals surface area (Å²) in [4.78, 5) is 11.2. The lowest BCUT2D eigenvalue weighted by molar-refractivity contribution is -0.174. The lowest BCUT2D eigenvalue weighted by Crippen LogP contribution is -2.23. The molecule has 1 aromatic carbocycles. The molecule has 1 aromatic rings. The summed E-state index contributed by atoms with van der Waals surface area (Å²) >= 11 is 5.58. The molecule has 0 saturated carbocycles. The highest BCUT2D eigenvalue weighted by Gasteiger charge is 2.27. The van der Waals surface area contributed by atoms with Crippen LogP contribution in [0, 0.1) is 0 Å². The molecule has 0 aliphatic carbocycles. The number of nitrogens with one attached hydrogen (secondary N) is 1. The lowest BCUT2D eigenvalue weighted by atomic mass is 10.3. The van der Waals surface area contributed by atoms with Crippen LogP contribution in [-0.4, -0.2) is 30.4 Å². The minimum Gasteiger partial charge on any atom is -0.506 e. The van der Waals surface area contributed by atoms with Crippen LogP contribution in [0.1, 0.15) is 0 Å². The molecular weight excluding hydrogens is 275 g/mol. The van der Waals surface area contributed by atoms with Gasteiger partial charge in [0.05, 0.1) is 5.02 Å². The summed E-state index contributed by atoms with van der Waals surface area (Å²) < 4.78 is 39.4. The van der Waals surface area contributed by atoms with Crippen molar-refractivity contribution in [3.63, 3.8) is 0 Å². The molecule has 0 bridgehead atoms. The van der Waals surface area contributed by atoms with Gasteiger partial charge in [0.1, 0.15) is 19.0 Å². The number of anilines is 1. The molecule has 1 rings (SSSR count). The highest BCUT2D eigenvalue weighted by atomic mass is 35.5. The number of amides is 1. The molecule has 0 heterocycles. The highest BCUT2D eigenvalue weighted by Crippen LogP contribution is 2.25. The Labute approximate surface area is 105 Å². The fourth-order valence-corrected chi connectivity index (χ4v) is 1.22. The zero-order chi connectivity index (χ0) is 13.8. The summed E-state index contributed by atoms with van der Waals surface area (Å²) in [6.07, 6.45) is -4.47. The molecule has 18 heavy (non-hydrogen) atoms. The number of hydrogen-bond donors (Lipinski definition) is 2. The van der Waals surface area contributed by atoms with E-state index in [1.54, 1.807) is 0 Å². The molecule has 0 aliphatic rings. The summed E-state index contributed by atoms with van der Waals surface area (Å²) in [6.45, 7) is -2.21. The largest absolute Gasteiger partial charge is 0.506 e. The van der Waals surface area contributed by atoms with E-state index in [-0.39, 0.29) is 16.5 Å². The molecule has 100 valence electrons. The number of rotatable bonds is 4. The number of carbonyl (C=O) groups excluding carboxylic acids is 1. The summed E-state index contributed by atoms with van der Waals surface area (Å²) in [5.41, 5.74) is 0.249. The van der Waals surface area contributed by atoms with Crippen molar-refractivity contribution in [3.8, 4) is 5.75 Å². The number of aromatic hydroxyl groups is 1. The van der Waals surface area contributed by atoms with Crippen LogP contribution >= 0.6 is 11.6 Å². The predicted octanol–water partition coefficient (Wildman–Crippen LogP) is 2.56. The maximum Gasteiger partial charge on any atom is 0.411 e. The van der Waals surface area contributed by atoms with Crippen LogP contribution in [0.5, 0.6) is 5.75 Å². The smallest absolute Gasteiger partial charge is 0.411 e. The normalized spacial score (nSPS) is 11.3. The number of benzene rings is 1. The molecule has 0 aliphatic heterocycles. The third-order valence-electron chi connectivity index (χ3n) is 1.73. The van der Waals surface area contributed by atoms with Gasteiger partial charge in [-0.1, -0.05) is 11.6 Å². The van der Waals surface area contributed by atoms with Crippen molar-refractivity contribution < 1.29 is 27.8 Å². The van der Waals surface area contributed by atoms with E-state index in [1.807, 2.05) is 0 Å². The molecule has 0 atom stereocenters. The standard InChI is InChI=1S/C10H9ClF3NO3/c11-7-3-6(1-2-8(7)16)15-9(17)4-18-5-10(12,13)14/h1-3,16H,4-5H2,(H,15,17). The zero-order valence-electron chi connectivity index (χ0n) is 8.92. The number of ether oxygens (including phenoxy) is 1. The number of alkyl halides is 3. The average molecular weight is 284 g/mol. The minimum atomic E-state index is -4.47. The number of phenols is 1. The Hall–Kier alpha value is -1.47. The monoisotopic (exact) mass is 283 g/mol. The van der Waals surface area contributed by atoms with Gasteiger partial charge in [-0.2, -0.15) is 13.2 Å². The molecule has 0 fully saturated rings. The van der Waals surface area contributed by atoms with E-state index >= 15 is 0 Å². The van der Waals surface area contributed by atoms with Crippen molar-refractivity contribution in [1.29, 1.82) is 0 Å². The van der Waals surface area contributed by atoms with Crippen molar-refractivity contribution in [3.05, 3.63) is 23.2 Å². The van der Waals surface area contributed by atoms with Crippen molar-refractivity contribution in [2.45, 2.75) is 6.18 Å². The second-order valence-electron chi connectivity index (χ2n) is 3.32. The van der Waals surface area contributed by atoms with Gasteiger partial charge in [0, 0.05) is 5.69 Å². The van der Waals surface area contributed by atoms with Gasteiger partial charge in [0.15, 0.2) is 0 Å². The molecule has 0 unspecified atom stereocenters. The molecule has 1 amide bonds. The lowest BCUT2D eigenvalue weighted by Gasteiger charge is -2.08. The maximum absolute atomic E-state index is 11.7. The Kier molecular flexibility index (Phi) is 4.80. The highest BCUT2D eigenvalue weighted by molar-refractivity contribution is 6.32. The molecular formula is C10H9ClF3NO3. The number of phenolic OH excluding ortho intramolecular Hbond substituents is 1. The van der Waals surface area contributed by atoms with Crippen molar-refractivity contribution in [2.75, 3.05) is 18.5 Å². The molecule has 0 saturated heterocycles. The third kappa shape index (κ3) is 5.24. The van der Waals surface area contributed by atoms with Gasteiger partial charge in [0.2, 0.25) is 5.91 Å². The molecule has 0 spiro atoms. The fourth-order valence-electron chi connectivity index (χ4n) is 1.04. The van der Waals surface area contributed by atoms with Crippen molar-refractivity contribution in [1.82, 2.24) is 0 Å². The number of carbonyl (C=O) groups is 1. The van der Waals surface area contributed by atoms with E-state index in [9.17, 15) is 18.0 Å². The number of hydrogen-bond acceptors (Lipinski definition) is 3. The van der Waals surface area contributed by atoms with Gasteiger partial charge in [-0.15, -0.1) is 0 Å². The first-order chi connectivity index (χ1) is 8.28. The maximum atomic E-state index is 11.7. The zero-order valence-corrected chi connectivity index (χ0v) is 9.68. The SMILES string of the molecule is O=C(COCC(F)(F)F)Nc1ccc(O)c(Cl)c1. The molecule has 8 heteroatoms. The Morgan fingerprint density at radius 2 is 2.11 bits per heavy atom.